The van der Waals surface area contributed by atoms with Crippen LogP contribution in [0, 0.1) is 0 Å². The van der Waals surface area contributed by atoms with Crippen LogP contribution in [0.15, 0.2) is 54.6 Å². The van der Waals surface area contributed by atoms with Crippen molar-refractivity contribution in [2.75, 3.05) is 12.3 Å². The Hall–Kier alpha value is -1.78. The summed E-state index contributed by atoms with van der Waals surface area (Å²) in [4.78, 5) is 8.71. The van der Waals surface area contributed by atoms with Gasteiger partial charge in [-0.15, -0.1) is 0 Å². The molecule has 0 unspecified atom stereocenters. The predicted octanol–water partition coefficient (Wildman–Crippen LogP) is 2.92. The van der Waals surface area contributed by atoms with Gasteiger partial charge in [-0.1, -0.05) is 42.5 Å². The second kappa shape index (κ2) is 6.84. The van der Waals surface area contributed by atoms with E-state index in [-0.39, 0.29) is 0 Å². The van der Waals surface area contributed by atoms with E-state index in [4.69, 9.17) is 5.73 Å². The van der Waals surface area contributed by atoms with Crippen molar-refractivity contribution < 1.29 is 9.69 Å². The summed E-state index contributed by atoms with van der Waals surface area (Å²) in [6.45, 7) is 0.722. The first-order chi connectivity index (χ1) is 8.86. The summed E-state index contributed by atoms with van der Waals surface area (Å²) in [5.74, 6) is 0. The molecule has 18 heavy (non-hydrogen) atoms. The van der Waals surface area contributed by atoms with Gasteiger partial charge in [0.15, 0.2) is 0 Å². The summed E-state index contributed by atoms with van der Waals surface area (Å²) in [6, 6.07) is 18.2. The molecular formula is C14H15BNO2. The monoisotopic (exact) mass is 240 g/mol. The molecule has 0 amide bonds. The van der Waals surface area contributed by atoms with E-state index in [9.17, 15) is 0 Å². The third kappa shape index (κ3) is 3.91. The van der Waals surface area contributed by atoms with Crippen molar-refractivity contribution in [3.05, 3.63) is 54.6 Å². The molecular weight excluding hydrogens is 225 g/mol. The molecule has 1 heterocycles. The molecule has 1 radical (unpaired) electrons. The Bertz CT molecular complexity index is 447. The highest BCUT2D eigenvalue weighted by Crippen LogP contribution is 2.19. The van der Waals surface area contributed by atoms with E-state index in [1.165, 1.54) is 11.1 Å². The molecule has 3 rings (SSSR count). The zero-order chi connectivity index (χ0) is 12.6. The van der Waals surface area contributed by atoms with Crippen molar-refractivity contribution >= 4 is 13.2 Å². The van der Waals surface area contributed by atoms with Crippen LogP contribution in [0.5, 0.6) is 0 Å². The number of nitrogen functional groups attached to an aromatic ring is 1. The van der Waals surface area contributed by atoms with Gasteiger partial charge in [-0.3, -0.25) is 4.89 Å². The maximum absolute atomic E-state index is 5.60. The first kappa shape index (κ1) is 12.7. The highest BCUT2D eigenvalue weighted by Gasteiger charge is 2.00. The molecule has 2 N–H and O–H groups in total. The molecule has 0 aliphatic carbocycles. The fourth-order valence-corrected chi connectivity index (χ4v) is 1.55. The number of hydrogen-bond acceptors (Lipinski definition) is 3. The molecule has 0 atom stereocenters. The zero-order valence-electron chi connectivity index (χ0n) is 10.1. The highest BCUT2D eigenvalue weighted by molar-refractivity contribution is 6.27. The van der Waals surface area contributed by atoms with Gasteiger partial charge in [0.25, 0.3) is 0 Å². The van der Waals surface area contributed by atoms with Gasteiger partial charge in [0, 0.05) is 5.69 Å². The maximum atomic E-state index is 5.60. The average Bonchev–Trinajstić information content (AvgIpc) is 3.00. The molecule has 1 saturated heterocycles. The van der Waals surface area contributed by atoms with E-state index >= 15 is 0 Å². The van der Waals surface area contributed by atoms with Crippen LogP contribution in [0.4, 0.5) is 5.69 Å². The van der Waals surface area contributed by atoms with Crippen LogP contribution in [-0.2, 0) is 9.69 Å². The molecule has 1 aliphatic heterocycles. The molecule has 0 bridgehead atoms. The van der Waals surface area contributed by atoms with Crippen molar-refractivity contribution in [1.29, 1.82) is 0 Å². The number of anilines is 1. The van der Waals surface area contributed by atoms with Gasteiger partial charge < -0.3 is 10.5 Å². The second-order valence-electron chi connectivity index (χ2n) is 3.86. The first-order valence-electron chi connectivity index (χ1n) is 5.87. The summed E-state index contributed by atoms with van der Waals surface area (Å²) < 4.78 is 0. The van der Waals surface area contributed by atoms with Crippen LogP contribution in [0.2, 0.25) is 6.32 Å². The summed E-state index contributed by atoms with van der Waals surface area (Å²) in [6.07, 6.45) is 0.931. The second-order valence-corrected chi connectivity index (χ2v) is 3.86. The Morgan fingerprint density at radius 1 is 0.889 bits per heavy atom. The van der Waals surface area contributed by atoms with Crippen LogP contribution in [0.25, 0.3) is 11.1 Å². The van der Waals surface area contributed by atoms with Crippen molar-refractivity contribution in [2.45, 2.75) is 6.32 Å². The van der Waals surface area contributed by atoms with E-state index in [1.54, 1.807) is 7.48 Å². The Morgan fingerprint density at radius 2 is 1.56 bits per heavy atom. The fourth-order valence-electron chi connectivity index (χ4n) is 1.55. The Labute approximate surface area is 108 Å². The molecule has 1 fully saturated rings. The average molecular weight is 240 g/mol. The van der Waals surface area contributed by atoms with Crippen molar-refractivity contribution in [3.8, 4) is 11.1 Å². The number of nitrogens with two attached hydrogens (primary N) is 1. The summed E-state index contributed by atoms with van der Waals surface area (Å²) in [7, 11) is 1.64. The third-order valence-corrected chi connectivity index (χ3v) is 2.47. The number of rotatable bonds is 1. The van der Waals surface area contributed by atoms with Gasteiger partial charge >= 0.3 is 7.48 Å². The predicted molar refractivity (Wildman–Crippen MR) is 73.9 cm³/mol. The SMILES string of the molecule is Nc1ccc(-c2ccccc2)cc1.[B]1CCOO1. The lowest BCUT2D eigenvalue weighted by molar-refractivity contribution is -0.181. The highest BCUT2D eigenvalue weighted by atomic mass is 17.2. The third-order valence-electron chi connectivity index (χ3n) is 2.47. The topological polar surface area (TPSA) is 44.5 Å². The largest absolute Gasteiger partial charge is 0.399 e. The van der Waals surface area contributed by atoms with Crippen LogP contribution in [-0.4, -0.2) is 14.1 Å². The fraction of sp³-hybridized carbons (Fsp3) is 0.143. The van der Waals surface area contributed by atoms with Crippen molar-refractivity contribution in [3.63, 3.8) is 0 Å². The van der Waals surface area contributed by atoms with E-state index in [2.05, 4.69) is 21.8 Å². The van der Waals surface area contributed by atoms with E-state index in [0.29, 0.717) is 0 Å². The van der Waals surface area contributed by atoms with Gasteiger partial charge in [0.1, 0.15) is 0 Å². The van der Waals surface area contributed by atoms with Crippen molar-refractivity contribution in [1.82, 2.24) is 0 Å². The Balaban J connectivity index is 0.000000202. The van der Waals surface area contributed by atoms with Gasteiger partial charge in [-0.2, -0.15) is 0 Å². The molecule has 2 aromatic carbocycles. The normalized spacial score (nSPS) is 13.3. The summed E-state index contributed by atoms with van der Waals surface area (Å²) in [5, 5.41) is 0. The minimum Gasteiger partial charge on any atom is -0.399 e. The van der Waals surface area contributed by atoms with Gasteiger partial charge in [-0.05, 0) is 29.6 Å². The van der Waals surface area contributed by atoms with E-state index in [1.807, 2.05) is 42.5 Å². The van der Waals surface area contributed by atoms with E-state index < -0.39 is 0 Å². The standard InChI is InChI=1S/C12H11N.C2H4BO2/c13-12-8-6-11(7-9-12)10-4-2-1-3-5-10;1-2-4-5-3-1/h1-9H,13H2;1-2H2. The molecule has 0 saturated carbocycles. The molecule has 3 nitrogen and oxygen atoms in total. The lowest BCUT2D eigenvalue weighted by Crippen LogP contribution is -1.83. The first-order valence-corrected chi connectivity index (χ1v) is 5.87. The van der Waals surface area contributed by atoms with Gasteiger partial charge in [0.05, 0.1) is 6.61 Å². The quantitative estimate of drug-likeness (QED) is 0.473. The zero-order valence-corrected chi connectivity index (χ0v) is 10.1. The lowest BCUT2D eigenvalue weighted by Gasteiger charge is -2.00. The number of benzene rings is 2. The molecule has 91 valence electrons. The van der Waals surface area contributed by atoms with E-state index in [0.717, 1.165) is 18.6 Å². The molecule has 0 aromatic heterocycles. The van der Waals surface area contributed by atoms with Crippen LogP contribution in [0.1, 0.15) is 0 Å². The summed E-state index contributed by atoms with van der Waals surface area (Å²) >= 11 is 0. The van der Waals surface area contributed by atoms with Crippen LogP contribution in [0.3, 0.4) is 0 Å². The summed E-state index contributed by atoms with van der Waals surface area (Å²) in [5.41, 5.74) is 8.84. The van der Waals surface area contributed by atoms with Crippen LogP contribution < -0.4 is 5.73 Å². The molecule has 2 aromatic rings. The van der Waals surface area contributed by atoms with Crippen LogP contribution >= 0.6 is 0 Å². The molecule has 1 aliphatic rings. The minimum absolute atomic E-state index is 0.722. The smallest absolute Gasteiger partial charge is 0.346 e. The van der Waals surface area contributed by atoms with Gasteiger partial charge in [0.2, 0.25) is 0 Å². The van der Waals surface area contributed by atoms with Gasteiger partial charge in [-0.25, -0.2) is 0 Å². The number of hydrogen-bond donors (Lipinski definition) is 1. The lowest BCUT2D eigenvalue weighted by atomic mass is 9.99. The Morgan fingerprint density at radius 3 is 2.06 bits per heavy atom. The maximum Gasteiger partial charge on any atom is 0.346 e. The Kier molecular flexibility index (Phi) is 4.82. The van der Waals surface area contributed by atoms with Crippen molar-refractivity contribution in [2.24, 2.45) is 0 Å². The molecule has 0 spiro atoms. The molecule has 4 heteroatoms. The minimum atomic E-state index is 0.722.